The summed E-state index contributed by atoms with van der Waals surface area (Å²) in [7, 11) is 0. The van der Waals surface area contributed by atoms with Crippen molar-refractivity contribution in [1.29, 1.82) is 0 Å². The topological polar surface area (TPSA) is 92.7 Å². The number of carboxylic acid groups (broad SMARTS) is 1. The monoisotopic (exact) mass is 443 g/mol. The molecule has 1 aliphatic rings. The van der Waals surface area contributed by atoms with Crippen molar-refractivity contribution in [2.75, 3.05) is 5.32 Å². The van der Waals surface area contributed by atoms with Gasteiger partial charge in [0, 0.05) is 10.9 Å². The zero-order valence-corrected chi connectivity index (χ0v) is 19.2. The molecule has 7 heteroatoms. The molecule has 0 bridgehead atoms. The number of thiophene rings is 1. The molecule has 1 amide bonds. The van der Waals surface area contributed by atoms with E-state index >= 15 is 0 Å². The second-order valence-corrected chi connectivity index (χ2v) is 9.33. The van der Waals surface area contributed by atoms with Crippen LogP contribution in [0.25, 0.3) is 11.1 Å². The lowest BCUT2D eigenvalue weighted by molar-refractivity contribution is -0.147. The van der Waals surface area contributed by atoms with Crippen LogP contribution in [-0.2, 0) is 14.3 Å². The maximum atomic E-state index is 13.0. The van der Waals surface area contributed by atoms with Gasteiger partial charge in [-0.2, -0.15) is 0 Å². The molecule has 0 aliphatic heterocycles. The Labute approximate surface area is 186 Å². The molecule has 1 aliphatic carbocycles. The summed E-state index contributed by atoms with van der Waals surface area (Å²) in [4.78, 5) is 37.6. The van der Waals surface area contributed by atoms with E-state index in [1.165, 1.54) is 11.3 Å². The zero-order chi connectivity index (χ0) is 22.7. The van der Waals surface area contributed by atoms with Crippen LogP contribution < -0.4 is 5.32 Å². The first-order valence-corrected chi connectivity index (χ1v) is 11.5. The lowest BCUT2D eigenvalue weighted by atomic mass is 9.78. The lowest BCUT2D eigenvalue weighted by Gasteiger charge is -2.27. The van der Waals surface area contributed by atoms with Crippen molar-refractivity contribution in [2.24, 2.45) is 11.8 Å². The molecule has 31 heavy (non-hydrogen) atoms. The Kier molecular flexibility index (Phi) is 7.15. The second-order valence-electron chi connectivity index (χ2n) is 8.45. The Morgan fingerprint density at radius 2 is 1.77 bits per heavy atom. The third kappa shape index (κ3) is 5.15. The van der Waals surface area contributed by atoms with Gasteiger partial charge >= 0.3 is 11.9 Å². The molecule has 166 valence electrons. The van der Waals surface area contributed by atoms with E-state index in [0.717, 1.165) is 29.5 Å². The summed E-state index contributed by atoms with van der Waals surface area (Å²) in [5.74, 6) is -3.09. The number of aryl methyl sites for hydroxylation is 2. The van der Waals surface area contributed by atoms with Crippen LogP contribution in [-0.4, -0.2) is 29.1 Å². The fourth-order valence-corrected chi connectivity index (χ4v) is 5.05. The van der Waals surface area contributed by atoms with E-state index in [1.54, 1.807) is 13.8 Å². The van der Waals surface area contributed by atoms with Crippen molar-refractivity contribution in [2.45, 2.75) is 59.5 Å². The fourth-order valence-electron chi connectivity index (χ4n) is 4.09. The fraction of sp³-hybridized carbons (Fsp3) is 0.458. The molecule has 1 heterocycles. The molecular formula is C24H29NO5S. The van der Waals surface area contributed by atoms with Gasteiger partial charge in [-0.3, -0.25) is 9.59 Å². The molecule has 6 nitrogen and oxygen atoms in total. The smallest absolute Gasteiger partial charge is 0.342 e. The predicted molar refractivity (Wildman–Crippen MR) is 121 cm³/mol. The van der Waals surface area contributed by atoms with E-state index in [-0.39, 0.29) is 12.0 Å². The van der Waals surface area contributed by atoms with E-state index in [2.05, 4.69) is 5.32 Å². The Bertz CT molecular complexity index is 994. The first kappa shape index (κ1) is 23.0. The third-order valence-corrected chi connectivity index (χ3v) is 6.57. The molecule has 1 aromatic carbocycles. The van der Waals surface area contributed by atoms with Gasteiger partial charge in [0.05, 0.1) is 17.9 Å². The van der Waals surface area contributed by atoms with Crippen LogP contribution in [0, 0.1) is 25.7 Å². The number of hydrogen-bond acceptors (Lipinski definition) is 5. The first-order chi connectivity index (χ1) is 14.7. The number of nitrogens with one attached hydrogen (secondary N) is 1. The highest BCUT2D eigenvalue weighted by Crippen LogP contribution is 2.39. The van der Waals surface area contributed by atoms with Crippen LogP contribution in [0.2, 0.25) is 0 Å². The molecule has 3 rings (SSSR count). The number of amides is 1. The van der Waals surface area contributed by atoms with E-state index in [0.29, 0.717) is 29.0 Å². The molecule has 0 spiro atoms. The average molecular weight is 444 g/mol. The van der Waals surface area contributed by atoms with Gasteiger partial charge in [-0.25, -0.2) is 4.79 Å². The summed E-state index contributed by atoms with van der Waals surface area (Å²) in [5, 5.41) is 14.6. The SMILES string of the molecule is Cc1ccc(C)c(-c2csc(NC(=O)C3CCCCC3C(=O)O)c2C(=O)OC(C)C)c1. The number of anilines is 1. The molecule has 0 radical (unpaired) electrons. The first-order valence-electron chi connectivity index (χ1n) is 10.6. The maximum absolute atomic E-state index is 13.0. The van der Waals surface area contributed by atoms with Gasteiger partial charge in [-0.05, 0) is 51.7 Å². The van der Waals surface area contributed by atoms with Crippen molar-refractivity contribution in [3.05, 3.63) is 40.3 Å². The predicted octanol–water partition coefficient (Wildman–Crippen LogP) is 5.43. The molecule has 2 unspecified atom stereocenters. The summed E-state index contributed by atoms with van der Waals surface area (Å²) < 4.78 is 5.48. The van der Waals surface area contributed by atoms with E-state index < -0.39 is 23.8 Å². The Morgan fingerprint density at radius 1 is 1.10 bits per heavy atom. The summed E-state index contributed by atoms with van der Waals surface area (Å²) in [6, 6.07) is 6.02. The number of esters is 1. The van der Waals surface area contributed by atoms with Gasteiger partial charge in [0.15, 0.2) is 0 Å². The van der Waals surface area contributed by atoms with Gasteiger partial charge in [0.25, 0.3) is 0 Å². The number of carboxylic acids is 1. The van der Waals surface area contributed by atoms with Gasteiger partial charge in [0.1, 0.15) is 10.6 Å². The van der Waals surface area contributed by atoms with Gasteiger partial charge in [-0.1, -0.05) is 36.6 Å². The zero-order valence-electron chi connectivity index (χ0n) is 18.4. The van der Waals surface area contributed by atoms with E-state index in [4.69, 9.17) is 4.74 Å². The molecule has 0 saturated heterocycles. The lowest BCUT2D eigenvalue weighted by Crippen LogP contribution is -2.36. The van der Waals surface area contributed by atoms with Crippen molar-refractivity contribution < 1.29 is 24.2 Å². The summed E-state index contributed by atoms with van der Waals surface area (Å²) in [6.45, 7) is 7.51. The van der Waals surface area contributed by atoms with Crippen LogP contribution in [0.1, 0.15) is 61.0 Å². The Balaban J connectivity index is 1.99. The van der Waals surface area contributed by atoms with E-state index in [9.17, 15) is 19.5 Å². The second kappa shape index (κ2) is 9.64. The molecule has 1 fully saturated rings. The van der Waals surface area contributed by atoms with E-state index in [1.807, 2.05) is 37.4 Å². The Hall–Kier alpha value is -2.67. The minimum Gasteiger partial charge on any atom is -0.481 e. The third-order valence-electron chi connectivity index (χ3n) is 5.68. The summed E-state index contributed by atoms with van der Waals surface area (Å²) in [5.41, 5.74) is 4.02. The molecule has 2 aromatic rings. The quantitative estimate of drug-likeness (QED) is 0.581. The number of aliphatic carboxylic acids is 1. The van der Waals surface area contributed by atoms with Crippen LogP contribution >= 0.6 is 11.3 Å². The summed E-state index contributed by atoms with van der Waals surface area (Å²) >= 11 is 1.26. The van der Waals surface area contributed by atoms with Crippen molar-refractivity contribution in [3.8, 4) is 11.1 Å². The number of hydrogen-bond donors (Lipinski definition) is 2. The highest BCUT2D eigenvalue weighted by atomic mass is 32.1. The van der Waals surface area contributed by atoms with Gasteiger partial charge in [-0.15, -0.1) is 11.3 Å². The standard InChI is InChI=1S/C24H29NO5S/c1-13(2)30-24(29)20-19(18-11-14(3)9-10-15(18)4)12-31-22(20)25-21(26)16-7-5-6-8-17(16)23(27)28/h9-13,16-17H,5-8H2,1-4H3,(H,25,26)(H,27,28). The number of benzene rings is 1. The molecule has 2 N–H and O–H groups in total. The molecular weight excluding hydrogens is 414 g/mol. The van der Waals surface area contributed by atoms with Crippen LogP contribution in [0.5, 0.6) is 0 Å². The number of carbonyl (C=O) groups is 3. The average Bonchev–Trinajstić information content (AvgIpc) is 3.12. The van der Waals surface area contributed by atoms with Crippen LogP contribution in [0.3, 0.4) is 0 Å². The van der Waals surface area contributed by atoms with Gasteiger partial charge in [0.2, 0.25) is 5.91 Å². The largest absolute Gasteiger partial charge is 0.481 e. The van der Waals surface area contributed by atoms with Crippen LogP contribution in [0.15, 0.2) is 23.6 Å². The highest BCUT2D eigenvalue weighted by Gasteiger charge is 2.36. The minimum absolute atomic E-state index is 0.308. The normalized spacial score (nSPS) is 18.6. The number of rotatable bonds is 6. The highest BCUT2D eigenvalue weighted by molar-refractivity contribution is 7.15. The molecule has 1 saturated carbocycles. The van der Waals surface area contributed by atoms with Crippen molar-refractivity contribution in [3.63, 3.8) is 0 Å². The van der Waals surface area contributed by atoms with Crippen molar-refractivity contribution in [1.82, 2.24) is 0 Å². The molecule has 1 aromatic heterocycles. The number of ether oxygens (including phenoxy) is 1. The van der Waals surface area contributed by atoms with Crippen molar-refractivity contribution >= 4 is 34.2 Å². The summed E-state index contributed by atoms with van der Waals surface area (Å²) in [6.07, 6.45) is 2.35. The maximum Gasteiger partial charge on any atom is 0.342 e. The Morgan fingerprint density at radius 3 is 2.42 bits per heavy atom. The molecule has 2 atom stereocenters. The van der Waals surface area contributed by atoms with Crippen LogP contribution in [0.4, 0.5) is 5.00 Å². The van der Waals surface area contributed by atoms with Gasteiger partial charge < -0.3 is 15.2 Å². The minimum atomic E-state index is -0.943. The number of carbonyl (C=O) groups excluding carboxylic acids is 2.